The molecular formula is C14H26N6. The molecule has 1 atom stereocenters. The van der Waals surface area contributed by atoms with Gasteiger partial charge >= 0.3 is 0 Å². The largest absolute Gasteiger partial charge is 0.370 e. The zero-order chi connectivity index (χ0) is 14.8. The molecule has 20 heavy (non-hydrogen) atoms. The molecule has 0 bridgehead atoms. The molecule has 0 amide bonds. The summed E-state index contributed by atoms with van der Waals surface area (Å²) in [6.45, 7) is 9.30. The Morgan fingerprint density at radius 1 is 1.40 bits per heavy atom. The van der Waals surface area contributed by atoms with E-state index in [1.165, 1.54) is 0 Å². The first-order valence-corrected chi connectivity index (χ1v) is 7.22. The molecule has 0 radical (unpaired) electrons. The summed E-state index contributed by atoms with van der Waals surface area (Å²) in [4.78, 5) is 10.7. The molecule has 1 aliphatic heterocycles. The molecule has 112 valence electrons. The molecule has 5 N–H and O–H groups in total. The van der Waals surface area contributed by atoms with E-state index in [2.05, 4.69) is 41.0 Å². The van der Waals surface area contributed by atoms with Crippen LogP contribution in [0.3, 0.4) is 0 Å². The molecule has 0 spiro atoms. The summed E-state index contributed by atoms with van der Waals surface area (Å²) in [6.07, 6.45) is 2.07. The fourth-order valence-electron chi connectivity index (χ4n) is 2.27. The summed E-state index contributed by atoms with van der Waals surface area (Å²) < 4.78 is 0. The van der Waals surface area contributed by atoms with Crippen LogP contribution in [0, 0.1) is 5.41 Å². The average Bonchev–Trinajstić information content (AvgIpc) is 2.73. The first-order valence-electron chi connectivity index (χ1n) is 7.22. The van der Waals surface area contributed by atoms with Gasteiger partial charge in [-0.05, 0) is 18.3 Å². The first kappa shape index (κ1) is 14.8. The second kappa shape index (κ2) is 5.83. The fourth-order valence-corrected chi connectivity index (χ4v) is 2.27. The number of anilines is 3. The second-order valence-corrected chi connectivity index (χ2v) is 6.70. The van der Waals surface area contributed by atoms with Gasteiger partial charge in [0.15, 0.2) is 0 Å². The Labute approximate surface area is 121 Å². The van der Waals surface area contributed by atoms with Gasteiger partial charge in [-0.15, -0.1) is 0 Å². The highest BCUT2D eigenvalue weighted by Gasteiger charge is 2.21. The van der Waals surface area contributed by atoms with Crippen molar-refractivity contribution in [2.75, 3.05) is 35.6 Å². The van der Waals surface area contributed by atoms with Crippen LogP contribution >= 0.6 is 0 Å². The zero-order valence-corrected chi connectivity index (χ0v) is 12.7. The molecule has 2 rings (SSSR count). The van der Waals surface area contributed by atoms with E-state index in [4.69, 9.17) is 11.5 Å². The number of nitrogens with two attached hydrogens (primary N) is 2. The van der Waals surface area contributed by atoms with E-state index in [0.29, 0.717) is 11.4 Å². The van der Waals surface area contributed by atoms with Crippen LogP contribution in [-0.4, -0.2) is 35.6 Å². The maximum atomic E-state index is 5.93. The van der Waals surface area contributed by atoms with E-state index in [1.54, 1.807) is 0 Å². The van der Waals surface area contributed by atoms with Crippen LogP contribution in [0.25, 0.3) is 0 Å². The van der Waals surface area contributed by atoms with Crippen molar-refractivity contribution in [2.45, 2.75) is 39.7 Å². The number of hydrogen-bond acceptors (Lipinski definition) is 6. The molecule has 2 heterocycles. The summed E-state index contributed by atoms with van der Waals surface area (Å²) in [7, 11) is 0. The number of nitrogens with zero attached hydrogens (tertiary/aromatic N) is 3. The Hall–Kier alpha value is -1.56. The summed E-state index contributed by atoms with van der Waals surface area (Å²) in [6, 6.07) is 2.18. The number of hydrogen-bond donors (Lipinski definition) is 3. The lowest BCUT2D eigenvalue weighted by molar-refractivity contribution is 0.389. The summed E-state index contributed by atoms with van der Waals surface area (Å²) >= 11 is 0. The van der Waals surface area contributed by atoms with Gasteiger partial charge in [0.05, 0.1) is 0 Å². The average molecular weight is 278 g/mol. The van der Waals surface area contributed by atoms with Gasteiger partial charge in [0, 0.05) is 31.7 Å². The molecule has 6 nitrogen and oxygen atoms in total. The highest BCUT2D eigenvalue weighted by atomic mass is 15.2. The van der Waals surface area contributed by atoms with Crippen LogP contribution in [0.2, 0.25) is 0 Å². The minimum atomic E-state index is 0.225. The van der Waals surface area contributed by atoms with Gasteiger partial charge in [0.25, 0.3) is 0 Å². The molecule has 1 aromatic heterocycles. The van der Waals surface area contributed by atoms with Crippen molar-refractivity contribution in [2.24, 2.45) is 11.1 Å². The molecule has 1 aromatic rings. The lowest BCUT2D eigenvalue weighted by Gasteiger charge is -2.20. The van der Waals surface area contributed by atoms with Crippen molar-refractivity contribution >= 4 is 17.6 Å². The predicted molar refractivity (Wildman–Crippen MR) is 83.8 cm³/mol. The van der Waals surface area contributed by atoms with Crippen LogP contribution < -0.4 is 21.7 Å². The number of rotatable bonds is 4. The smallest absolute Gasteiger partial charge is 0.223 e. The van der Waals surface area contributed by atoms with Crippen molar-refractivity contribution in [3.05, 3.63) is 6.07 Å². The normalized spacial score (nSPS) is 19.4. The lowest BCUT2D eigenvalue weighted by Crippen LogP contribution is -2.27. The van der Waals surface area contributed by atoms with Gasteiger partial charge in [0.1, 0.15) is 11.6 Å². The van der Waals surface area contributed by atoms with E-state index in [0.717, 1.165) is 44.1 Å². The third kappa shape index (κ3) is 4.23. The zero-order valence-electron chi connectivity index (χ0n) is 12.7. The molecule has 0 aliphatic carbocycles. The number of nitrogen functional groups attached to an aromatic ring is 1. The van der Waals surface area contributed by atoms with Gasteiger partial charge in [-0.25, -0.2) is 0 Å². The minimum Gasteiger partial charge on any atom is -0.370 e. The number of nitrogens with one attached hydrogen (secondary N) is 1. The summed E-state index contributed by atoms with van der Waals surface area (Å²) in [5.41, 5.74) is 12.0. The fraction of sp³-hybridized carbons (Fsp3) is 0.714. The lowest BCUT2D eigenvalue weighted by atomic mass is 9.92. The topological polar surface area (TPSA) is 93.1 Å². The van der Waals surface area contributed by atoms with E-state index < -0.39 is 0 Å². The van der Waals surface area contributed by atoms with Gasteiger partial charge in [0.2, 0.25) is 5.95 Å². The van der Waals surface area contributed by atoms with Crippen LogP contribution in [0.5, 0.6) is 0 Å². The van der Waals surface area contributed by atoms with Gasteiger partial charge < -0.3 is 21.7 Å². The SMILES string of the molecule is CC(C)(C)CCNc1cc(N2CC[C@@H](N)C2)nc(N)n1. The van der Waals surface area contributed by atoms with Crippen molar-refractivity contribution in [3.8, 4) is 0 Å². The van der Waals surface area contributed by atoms with E-state index >= 15 is 0 Å². The van der Waals surface area contributed by atoms with Gasteiger partial charge in [-0.1, -0.05) is 20.8 Å². The van der Waals surface area contributed by atoms with Gasteiger partial charge in [-0.3, -0.25) is 0 Å². The Morgan fingerprint density at radius 2 is 2.15 bits per heavy atom. The summed E-state index contributed by atoms with van der Waals surface area (Å²) in [5, 5.41) is 3.33. The van der Waals surface area contributed by atoms with Crippen LogP contribution in [0.15, 0.2) is 6.07 Å². The Bertz CT molecular complexity index is 453. The van der Waals surface area contributed by atoms with E-state index in [-0.39, 0.29) is 6.04 Å². The van der Waals surface area contributed by atoms with Crippen LogP contribution in [-0.2, 0) is 0 Å². The van der Waals surface area contributed by atoms with Crippen molar-refractivity contribution < 1.29 is 0 Å². The summed E-state index contributed by atoms with van der Waals surface area (Å²) in [5.74, 6) is 1.96. The standard InChI is InChI=1S/C14H26N6/c1-14(2,3)5-6-17-11-8-12(19-13(16)18-11)20-7-4-10(15)9-20/h8,10H,4-7,9,15H2,1-3H3,(H3,16,17,18,19)/t10-/m1/s1. The first-order chi connectivity index (χ1) is 9.33. The van der Waals surface area contributed by atoms with E-state index in [1.807, 2.05) is 6.07 Å². The van der Waals surface area contributed by atoms with E-state index in [9.17, 15) is 0 Å². The monoisotopic (exact) mass is 278 g/mol. The van der Waals surface area contributed by atoms with Crippen molar-refractivity contribution in [1.82, 2.24) is 9.97 Å². The van der Waals surface area contributed by atoms with Crippen molar-refractivity contribution in [3.63, 3.8) is 0 Å². The molecule has 1 aliphatic rings. The predicted octanol–water partition coefficient (Wildman–Crippen LogP) is 1.44. The van der Waals surface area contributed by atoms with Gasteiger partial charge in [-0.2, -0.15) is 9.97 Å². The third-order valence-electron chi connectivity index (χ3n) is 3.46. The Kier molecular flexibility index (Phi) is 4.32. The van der Waals surface area contributed by atoms with Crippen molar-refractivity contribution in [1.29, 1.82) is 0 Å². The quantitative estimate of drug-likeness (QED) is 0.772. The molecule has 0 aromatic carbocycles. The maximum absolute atomic E-state index is 5.93. The second-order valence-electron chi connectivity index (χ2n) is 6.70. The molecule has 6 heteroatoms. The number of aromatic nitrogens is 2. The molecule has 1 fully saturated rings. The Balaban J connectivity index is 2.01. The molecule has 1 saturated heterocycles. The molecular weight excluding hydrogens is 252 g/mol. The highest BCUT2D eigenvalue weighted by Crippen LogP contribution is 2.22. The van der Waals surface area contributed by atoms with Crippen LogP contribution in [0.1, 0.15) is 33.6 Å². The molecule has 0 saturated carbocycles. The molecule has 0 unspecified atom stereocenters. The Morgan fingerprint density at radius 3 is 2.75 bits per heavy atom. The highest BCUT2D eigenvalue weighted by molar-refractivity contribution is 5.53. The minimum absolute atomic E-state index is 0.225. The van der Waals surface area contributed by atoms with Crippen LogP contribution in [0.4, 0.5) is 17.6 Å². The third-order valence-corrected chi connectivity index (χ3v) is 3.46. The maximum Gasteiger partial charge on any atom is 0.223 e.